The van der Waals surface area contributed by atoms with Crippen LogP contribution in [0.2, 0.25) is 0 Å². The summed E-state index contributed by atoms with van der Waals surface area (Å²) in [5, 5.41) is 9.83. The minimum absolute atomic E-state index is 0.204. The fraction of sp³-hybridized carbons (Fsp3) is 0.455. The van der Waals surface area contributed by atoms with Gasteiger partial charge in [-0.2, -0.15) is 0 Å². The monoisotopic (exact) mass is 194 g/mol. The summed E-state index contributed by atoms with van der Waals surface area (Å²) < 4.78 is 10.4. The molecule has 0 saturated carbocycles. The predicted octanol–water partition coefficient (Wildman–Crippen LogP) is 2.10. The highest BCUT2D eigenvalue weighted by atomic mass is 16.7. The summed E-state index contributed by atoms with van der Waals surface area (Å²) in [4.78, 5) is 0. The Morgan fingerprint density at radius 3 is 2.64 bits per heavy atom. The Kier molecular flexibility index (Phi) is 2.33. The fourth-order valence-electron chi connectivity index (χ4n) is 1.48. The van der Waals surface area contributed by atoms with Crippen molar-refractivity contribution in [1.29, 1.82) is 0 Å². The zero-order valence-corrected chi connectivity index (χ0v) is 8.36. The smallest absolute Gasteiger partial charge is 0.231 e. The summed E-state index contributed by atoms with van der Waals surface area (Å²) in [7, 11) is 0. The van der Waals surface area contributed by atoms with Gasteiger partial charge in [-0.1, -0.05) is 19.9 Å². The van der Waals surface area contributed by atoms with E-state index in [9.17, 15) is 5.11 Å². The highest BCUT2D eigenvalue weighted by molar-refractivity contribution is 5.45. The molecule has 1 aliphatic heterocycles. The van der Waals surface area contributed by atoms with Crippen LogP contribution in [0, 0.1) is 5.92 Å². The van der Waals surface area contributed by atoms with Gasteiger partial charge in [0, 0.05) is 0 Å². The molecule has 1 N–H and O–H groups in total. The maximum Gasteiger partial charge on any atom is 0.231 e. The van der Waals surface area contributed by atoms with Gasteiger partial charge in [0.2, 0.25) is 6.79 Å². The number of ether oxygens (including phenoxy) is 2. The first-order valence-corrected chi connectivity index (χ1v) is 4.76. The molecule has 14 heavy (non-hydrogen) atoms. The van der Waals surface area contributed by atoms with Crippen LogP contribution in [-0.2, 0) is 0 Å². The van der Waals surface area contributed by atoms with Crippen molar-refractivity contribution in [3.05, 3.63) is 23.8 Å². The summed E-state index contributed by atoms with van der Waals surface area (Å²) in [5.74, 6) is 1.68. The number of aliphatic hydroxyl groups excluding tert-OH is 1. The summed E-state index contributed by atoms with van der Waals surface area (Å²) in [5.41, 5.74) is 0.879. The molecule has 1 aromatic carbocycles. The maximum absolute atomic E-state index is 9.83. The summed E-state index contributed by atoms with van der Waals surface area (Å²) in [6.07, 6.45) is -0.440. The molecule has 0 bridgehead atoms. The predicted molar refractivity (Wildman–Crippen MR) is 52.4 cm³/mol. The van der Waals surface area contributed by atoms with Crippen molar-refractivity contribution < 1.29 is 14.6 Å². The van der Waals surface area contributed by atoms with E-state index in [-0.39, 0.29) is 12.7 Å². The van der Waals surface area contributed by atoms with Gasteiger partial charge in [-0.05, 0) is 23.6 Å². The zero-order valence-electron chi connectivity index (χ0n) is 8.36. The molecule has 1 atom stereocenters. The van der Waals surface area contributed by atoms with E-state index in [4.69, 9.17) is 9.47 Å². The Morgan fingerprint density at radius 2 is 1.93 bits per heavy atom. The number of aliphatic hydroxyl groups is 1. The molecule has 76 valence electrons. The average molecular weight is 194 g/mol. The standard InChI is InChI=1S/C11H14O3/c1-7(2)11(12)8-3-4-9-10(5-8)14-6-13-9/h3-5,7,11-12H,6H2,1-2H3/t11-/m1/s1. The normalized spacial score (nSPS) is 16.0. The molecule has 0 fully saturated rings. The Balaban J connectivity index is 2.28. The zero-order chi connectivity index (χ0) is 10.1. The van der Waals surface area contributed by atoms with E-state index in [1.165, 1.54) is 0 Å². The molecule has 0 unspecified atom stereocenters. The minimum atomic E-state index is -0.440. The van der Waals surface area contributed by atoms with Gasteiger partial charge in [-0.15, -0.1) is 0 Å². The Hall–Kier alpha value is -1.22. The van der Waals surface area contributed by atoms with Gasteiger partial charge in [0.05, 0.1) is 6.10 Å². The van der Waals surface area contributed by atoms with Crippen LogP contribution in [-0.4, -0.2) is 11.9 Å². The highest BCUT2D eigenvalue weighted by Gasteiger charge is 2.18. The number of hydrogen-bond acceptors (Lipinski definition) is 3. The van der Waals surface area contributed by atoms with Gasteiger partial charge in [0.1, 0.15) is 0 Å². The molecule has 0 saturated heterocycles. The number of rotatable bonds is 2. The molecule has 2 rings (SSSR count). The van der Waals surface area contributed by atoms with E-state index < -0.39 is 6.10 Å². The van der Waals surface area contributed by atoms with Crippen LogP contribution in [0.4, 0.5) is 0 Å². The number of hydrogen-bond donors (Lipinski definition) is 1. The molecule has 0 spiro atoms. The maximum atomic E-state index is 9.83. The SMILES string of the molecule is CC(C)[C@@H](O)c1ccc2c(c1)OCO2. The molecule has 3 nitrogen and oxygen atoms in total. The van der Waals surface area contributed by atoms with Gasteiger partial charge >= 0.3 is 0 Å². The molecule has 1 aromatic rings. The topological polar surface area (TPSA) is 38.7 Å². The summed E-state index contributed by atoms with van der Waals surface area (Å²) >= 11 is 0. The molecular weight excluding hydrogens is 180 g/mol. The Morgan fingerprint density at radius 1 is 1.21 bits per heavy atom. The number of benzene rings is 1. The lowest BCUT2D eigenvalue weighted by Gasteiger charge is -2.14. The first-order valence-electron chi connectivity index (χ1n) is 4.76. The van der Waals surface area contributed by atoms with Crippen LogP contribution in [0.15, 0.2) is 18.2 Å². The van der Waals surface area contributed by atoms with E-state index in [0.29, 0.717) is 0 Å². The van der Waals surface area contributed by atoms with E-state index in [2.05, 4.69) is 0 Å². The van der Waals surface area contributed by atoms with Crippen molar-refractivity contribution >= 4 is 0 Å². The van der Waals surface area contributed by atoms with E-state index in [1.54, 1.807) is 0 Å². The second kappa shape index (κ2) is 3.50. The van der Waals surface area contributed by atoms with Gasteiger partial charge in [-0.3, -0.25) is 0 Å². The molecule has 0 aliphatic carbocycles. The van der Waals surface area contributed by atoms with Gasteiger partial charge in [0.25, 0.3) is 0 Å². The van der Waals surface area contributed by atoms with E-state index >= 15 is 0 Å². The molecule has 1 heterocycles. The molecule has 1 aliphatic rings. The van der Waals surface area contributed by atoms with Crippen LogP contribution in [0.25, 0.3) is 0 Å². The quantitative estimate of drug-likeness (QED) is 0.783. The fourth-order valence-corrected chi connectivity index (χ4v) is 1.48. The molecule has 0 radical (unpaired) electrons. The third-order valence-electron chi connectivity index (χ3n) is 2.37. The van der Waals surface area contributed by atoms with Crippen LogP contribution in [0.5, 0.6) is 11.5 Å². The van der Waals surface area contributed by atoms with Crippen molar-refractivity contribution in [2.75, 3.05) is 6.79 Å². The van der Waals surface area contributed by atoms with Gasteiger partial charge < -0.3 is 14.6 Å². The van der Waals surface area contributed by atoms with Gasteiger partial charge in [-0.25, -0.2) is 0 Å². The Labute approximate surface area is 83.3 Å². The largest absolute Gasteiger partial charge is 0.454 e. The van der Waals surface area contributed by atoms with E-state index in [1.807, 2.05) is 32.0 Å². The first-order chi connectivity index (χ1) is 6.68. The first kappa shape index (κ1) is 9.34. The third-order valence-corrected chi connectivity index (χ3v) is 2.37. The Bertz CT molecular complexity index is 333. The summed E-state index contributed by atoms with van der Waals surface area (Å²) in [6.45, 7) is 4.24. The van der Waals surface area contributed by atoms with Crippen LogP contribution in [0.1, 0.15) is 25.5 Å². The highest BCUT2D eigenvalue weighted by Crippen LogP contribution is 2.35. The lowest BCUT2D eigenvalue weighted by Crippen LogP contribution is -2.04. The third kappa shape index (κ3) is 1.55. The summed E-state index contributed by atoms with van der Waals surface area (Å²) in [6, 6.07) is 5.55. The lowest BCUT2D eigenvalue weighted by atomic mass is 9.99. The van der Waals surface area contributed by atoms with Crippen molar-refractivity contribution in [3.8, 4) is 11.5 Å². The molecule has 0 amide bonds. The van der Waals surface area contributed by atoms with Crippen molar-refractivity contribution in [2.24, 2.45) is 5.92 Å². The van der Waals surface area contributed by atoms with Crippen LogP contribution >= 0.6 is 0 Å². The number of fused-ring (bicyclic) bond motifs is 1. The lowest BCUT2D eigenvalue weighted by molar-refractivity contribution is 0.126. The second-order valence-corrected chi connectivity index (χ2v) is 3.80. The minimum Gasteiger partial charge on any atom is -0.454 e. The van der Waals surface area contributed by atoms with Gasteiger partial charge in [0.15, 0.2) is 11.5 Å². The molecular formula is C11H14O3. The van der Waals surface area contributed by atoms with Crippen molar-refractivity contribution in [3.63, 3.8) is 0 Å². The molecule has 3 heteroatoms. The second-order valence-electron chi connectivity index (χ2n) is 3.80. The van der Waals surface area contributed by atoms with Crippen molar-refractivity contribution in [1.82, 2.24) is 0 Å². The van der Waals surface area contributed by atoms with E-state index in [0.717, 1.165) is 17.1 Å². The van der Waals surface area contributed by atoms with Crippen LogP contribution in [0.3, 0.4) is 0 Å². The molecule has 0 aromatic heterocycles. The average Bonchev–Trinajstić information content (AvgIpc) is 2.62. The van der Waals surface area contributed by atoms with Crippen LogP contribution < -0.4 is 9.47 Å². The van der Waals surface area contributed by atoms with Crippen molar-refractivity contribution in [2.45, 2.75) is 20.0 Å².